The minimum atomic E-state index is -0.252. The molecule has 32 heavy (non-hydrogen) atoms. The van der Waals surface area contributed by atoms with E-state index in [-0.39, 0.29) is 17.6 Å². The SMILES string of the molecule is O=C(NCc1ccc(OCc2ccc(F)cc2)cc1)C1CCN(Cc2ccccc2)CC1. The number of piperidine rings is 1. The van der Waals surface area contributed by atoms with Gasteiger partial charge in [-0.25, -0.2) is 4.39 Å². The molecule has 1 aliphatic heterocycles. The molecule has 3 aromatic carbocycles. The lowest BCUT2D eigenvalue weighted by atomic mass is 9.95. The number of carbonyl (C=O) groups excluding carboxylic acids is 1. The van der Waals surface area contributed by atoms with Gasteiger partial charge in [-0.3, -0.25) is 9.69 Å². The van der Waals surface area contributed by atoms with Crippen LogP contribution in [0.4, 0.5) is 4.39 Å². The van der Waals surface area contributed by atoms with Crippen LogP contribution in [-0.2, 0) is 24.5 Å². The van der Waals surface area contributed by atoms with Crippen LogP contribution in [0.15, 0.2) is 78.9 Å². The largest absolute Gasteiger partial charge is 0.489 e. The fraction of sp³-hybridized carbons (Fsp3) is 0.296. The summed E-state index contributed by atoms with van der Waals surface area (Å²) in [5.74, 6) is 0.717. The Hall–Kier alpha value is -3.18. The first-order chi connectivity index (χ1) is 15.7. The summed E-state index contributed by atoms with van der Waals surface area (Å²) < 4.78 is 18.7. The van der Waals surface area contributed by atoms with Crippen LogP contribution in [0, 0.1) is 11.7 Å². The van der Waals surface area contributed by atoms with Gasteiger partial charge >= 0.3 is 0 Å². The zero-order valence-corrected chi connectivity index (χ0v) is 18.2. The third-order valence-electron chi connectivity index (χ3n) is 5.92. The highest BCUT2D eigenvalue weighted by atomic mass is 19.1. The molecule has 166 valence electrons. The van der Waals surface area contributed by atoms with Gasteiger partial charge < -0.3 is 10.1 Å². The standard InChI is InChI=1S/C27H29FN2O2/c28-25-10-6-23(7-11-25)20-32-26-12-8-21(9-13-26)18-29-27(31)24-14-16-30(17-15-24)19-22-4-2-1-3-5-22/h1-13,24H,14-20H2,(H,29,31). The van der Waals surface area contributed by atoms with Crippen molar-refractivity contribution in [3.8, 4) is 5.75 Å². The molecule has 1 N–H and O–H groups in total. The number of hydrogen-bond donors (Lipinski definition) is 1. The topological polar surface area (TPSA) is 41.6 Å². The highest BCUT2D eigenvalue weighted by Gasteiger charge is 2.24. The van der Waals surface area contributed by atoms with E-state index < -0.39 is 0 Å². The van der Waals surface area contributed by atoms with E-state index in [2.05, 4.69) is 34.5 Å². The van der Waals surface area contributed by atoms with Gasteiger partial charge in [0.25, 0.3) is 0 Å². The smallest absolute Gasteiger partial charge is 0.223 e. The molecule has 0 spiro atoms. The highest BCUT2D eigenvalue weighted by molar-refractivity contribution is 5.78. The molecule has 0 bridgehead atoms. The maximum Gasteiger partial charge on any atom is 0.223 e. The number of hydrogen-bond acceptors (Lipinski definition) is 3. The second kappa shape index (κ2) is 10.9. The number of likely N-dealkylation sites (tertiary alicyclic amines) is 1. The average molecular weight is 433 g/mol. The summed E-state index contributed by atoms with van der Waals surface area (Å²) in [6, 6.07) is 24.5. The van der Waals surface area contributed by atoms with Crippen molar-refractivity contribution >= 4 is 5.91 Å². The fourth-order valence-electron chi connectivity index (χ4n) is 3.98. The van der Waals surface area contributed by atoms with Crippen molar-refractivity contribution in [3.05, 3.63) is 101 Å². The van der Waals surface area contributed by atoms with Crippen LogP contribution in [0.1, 0.15) is 29.5 Å². The molecule has 1 fully saturated rings. The molecular formula is C27H29FN2O2. The molecule has 0 unspecified atom stereocenters. The molecular weight excluding hydrogens is 403 g/mol. The molecule has 1 saturated heterocycles. The van der Waals surface area contributed by atoms with Crippen molar-refractivity contribution in [1.82, 2.24) is 10.2 Å². The molecule has 0 aliphatic carbocycles. The summed E-state index contributed by atoms with van der Waals surface area (Å²) >= 11 is 0. The molecule has 1 aliphatic rings. The summed E-state index contributed by atoms with van der Waals surface area (Å²) in [5.41, 5.74) is 3.27. The number of rotatable bonds is 8. The Labute approximate surface area is 189 Å². The van der Waals surface area contributed by atoms with E-state index in [0.717, 1.165) is 49.4 Å². The lowest BCUT2D eigenvalue weighted by Gasteiger charge is -2.31. The lowest BCUT2D eigenvalue weighted by molar-refractivity contribution is -0.126. The van der Waals surface area contributed by atoms with Crippen LogP contribution >= 0.6 is 0 Å². The van der Waals surface area contributed by atoms with Crippen LogP contribution in [0.3, 0.4) is 0 Å². The van der Waals surface area contributed by atoms with Crippen LogP contribution in [0.2, 0.25) is 0 Å². The van der Waals surface area contributed by atoms with Gasteiger partial charge in [-0.1, -0.05) is 54.6 Å². The number of ether oxygens (including phenoxy) is 1. The molecule has 0 radical (unpaired) electrons. The van der Waals surface area contributed by atoms with Gasteiger partial charge in [-0.05, 0) is 66.9 Å². The van der Waals surface area contributed by atoms with Crippen LogP contribution in [-0.4, -0.2) is 23.9 Å². The van der Waals surface area contributed by atoms with Gasteiger partial charge in [-0.15, -0.1) is 0 Å². The second-order valence-corrected chi connectivity index (χ2v) is 8.31. The van der Waals surface area contributed by atoms with Gasteiger partial charge in [0.05, 0.1) is 0 Å². The average Bonchev–Trinajstić information content (AvgIpc) is 2.84. The lowest BCUT2D eigenvalue weighted by Crippen LogP contribution is -2.40. The zero-order chi connectivity index (χ0) is 22.2. The predicted molar refractivity (Wildman–Crippen MR) is 123 cm³/mol. The van der Waals surface area contributed by atoms with Crippen LogP contribution in [0.25, 0.3) is 0 Å². The number of nitrogens with zero attached hydrogens (tertiary/aromatic N) is 1. The van der Waals surface area contributed by atoms with E-state index in [1.165, 1.54) is 17.7 Å². The zero-order valence-electron chi connectivity index (χ0n) is 18.2. The normalized spacial score (nSPS) is 14.8. The molecule has 1 heterocycles. The molecule has 1 amide bonds. The van der Waals surface area contributed by atoms with Crippen LogP contribution in [0.5, 0.6) is 5.75 Å². The molecule has 0 aromatic heterocycles. The molecule has 5 heteroatoms. The Kier molecular flexibility index (Phi) is 7.51. The summed E-state index contributed by atoms with van der Waals surface area (Å²) in [6.07, 6.45) is 1.80. The van der Waals surface area contributed by atoms with Crippen molar-refractivity contribution in [2.24, 2.45) is 5.92 Å². The number of benzene rings is 3. The first-order valence-corrected chi connectivity index (χ1v) is 11.2. The van der Waals surface area contributed by atoms with Gasteiger partial charge in [0.1, 0.15) is 18.2 Å². The van der Waals surface area contributed by atoms with E-state index >= 15 is 0 Å². The number of amides is 1. The first kappa shape index (κ1) is 22.0. The van der Waals surface area contributed by atoms with Crippen molar-refractivity contribution in [3.63, 3.8) is 0 Å². The van der Waals surface area contributed by atoms with E-state index in [9.17, 15) is 9.18 Å². The Balaban J connectivity index is 1.17. The van der Waals surface area contributed by atoms with Crippen molar-refractivity contribution in [2.75, 3.05) is 13.1 Å². The summed E-state index contributed by atoms with van der Waals surface area (Å²) in [4.78, 5) is 15.0. The fourth-order valence-corrected chi connectivity index (χ4v) is 3.98. The van der Waals surface area contributed by atoms with Crippen LogP contribution < -0.4 is 10.1 Å². The Bertz CT molecular complexity index is 982. The quantitative estimate of drug-likeness (QED) is 0.549. The molecule has 0 saturated carbocycles. The second-order valence-electron chi connectivity index (χ2n) is 8.31. The predicted octanol–water partition coefficient (Wildman–Crippen LogP) is 4.93. The Morgan fingerprint density at radius 3 is 2.22 bits per heavy atom. The number of nitrogens with one attached hydrogen (secondary N) is 1. The first-order valence-electron chi connectivity index (χ1n) is 11.2. The van der Waals surface area contributed by atoms with Gasteiger partial charge in [-0.2, -0.15) is 0 Å². The third-order valence-corrected chi connectivity index (χ3v) is 5.92. The summed E-state index contributed by atoms with van der Waals surface area (Å²) in [6.45, 7) is 3.76. The maximum atomic E-state index is 13.0. The maximum absolute atomic E-state index is 13.0. The molecule has 3 aromatic rings. The number of halogens is 1. The van der Waals surface area contributed by atoms with Crippen molar-refractivity contribution < 1.29 is 13.9 Å². The molecule has 0 atom stereocenters. The third kappa shape index (κ3) is 6.41. The van der Waals surface area contributed by atoms with Crippen molar-refractivity contribution in [1.29, 1.82) is 0 Å². The minimum absolute atomic E-state index is 0.0836. The van der Waals surface area contributed by atoms with Gasteiger partial charge in [0.2, 0.25) is 5.91 Å². The Morgan fingerprint density at radius 1 is 0.875 bits per heavy atom. The molecule has 4 rings (SSSR count). The highest BCUT2D eigenvalue weighted by Crippen LogP contribution is 2.20. The van der Waals surface area contributed by atoms with Crippen molar-refractivity contribution in [2.45, 2.75) is 32.5 Å². The van der Waals surface area contributed by atoms with Gasteiger partial charge in [0.15, 0.2) is 0 Å². The number of carbonyl (C=O) groups is 1. The summed E-state index contributed by atoms with van der Waals surface area (Å²) in [5, 5.41) is 3.08. The molecule has 4 nitrogen and oxygen atoms in total. The monoisotopic (exact) mass is 432 g/mol. The summed E-state index contributed by atoms with van der Waals surface area (Å²) in [7, 11) is 0. The van der Waals surface area contributed by atoms with E-state index in [0.29, 0.717) is 13.2 Å². The minimum Gasteiger partial charge on any atom is -0.489 e. The van der Waals surface area contributed by atoms with E-state index in [4.69, 9.17) is 4.74 Å². The van der Waals surface area contributed by atoms with E-state index in [1.807, 2.05) is 30.3 Å². The van der Waals surface area contributed by atoms with Gasteiger partial charge in [0, 0.05) is 19.0 Å². The Morgan fingerprint density at radius 2 is 1.53 bits per heavy atom. The van der Waals surface area contributed by atoms with E-state index in [1.54, 1.807) is 12.1 Å².